The molecule has 3 rings (SSSR count). The first-order valence-corrected chi connectivity index (χ1v) is 9.74. The number of thiazole rings is 1. The summed E-state index contributed by atoms with van der Waals surface area (Å²) >= 11 is 1.74. The number of benzene rings is 1. The minimum absolute atomic E-state index is 0.681. The van der Waals surface area contributed by atoms with E-state index in [-0.39, 0.29) is 0 Å². The summed E-state index contributed by atoms with van der Waals surface area (Å²) in [6, 6.07) is 8.19. The molecule has 0 radical (unpaired) electrons. The van der Waals surface area contributed by atoms with Gasteiger partial charge in [0.25, 0.3) is 0 Å². The van der Waals surface area contributed by atoms with Crippen molar-refractivity contribution in [3.63, 3.8) is 0 Å². The van der Waals surface area contributed by atoms with Gasteiger partial charge in [-0.3, -0.25) is 0 Å². The van der Waals surface area contributed by atoms with E-state index in [0.717, 1.165) is 29.4 Å². The van der Waals surface area contributed by atoms with Gasteiger partial charge in [-0.25, -0.2) is 4.98 Å². The summed E-state index contributed by atoms with van der Waals surface area (Å²) in [4.78, 5) is 5.74. The monoisotopic (exact) mass is 342 g/mol. The molecule has 128 valence electrons. The van der Waals surface area contributed by atoms with Crippen LogP contribution in [0.3, 0.4) is 0 Å². The highest BCUT2D eigenvalue weighted by atomic mass is 32.1. The molecule has 4 heteroatoms. The van der Waals surface area contributed by atoms with Crippen molar-refractivity contribution in [3.8, 4) is 16.2 Å². The molecule has 1 aliphatic carbocycles. The van der Waals surface area contributed by atoms with Gasteiger partial charge in [0.05, 0.1) is 11.5 Å². The number of hydrogen-bond acceptors (Lipinski definition) is 4. The number of nitrogens with zero attached hydrogens (tertiary/aromatic N) is 1. The lowest BCUT2D eigenvalue weighted by Crippen LogP contribution is -2.15. The molecule has 3 nitrogen and oxygen atoms in total. The smallest absolute Gasteiger partial charge is 0.127 e. The summed E-state index contributed by atoms with van der Waals surface area (Å²) in [6.07, 6.45) is 10.8. The fraction of sp³-hybridized carbons (Fsp3) is 0.450. The molecule has 0 spiro atoms. The summed E-state index contributed by atoms with van der Waals surface area (Å²) < 4.78 is 5.72. The van der Waals surface area contributed by atoms with E-state index in [9.17, 15) is 0 Å². The summed E-state index contributed by atoms with van der Waals surface area (Å²) in [5, 5.41) is 4.66. The zero-order valence-corrected chi connectivity index (χ0v) is 15.2. The number of rotatable bonds is 8. The highest BCUT2D eigenvalue weighted by molar-refractivity contribution is 7.15. The molecular weight excluding hydrogens is 316 g/mol. The zero-order chi connectivity index (χ0) is 16.6. The van der Waals surface area contributed by atoms with Crippen LogP contribution in [0.5, 0.6) is 5.75 Å². The third-order valence-corrected chi connectivity index (χ3v) is 5.32. The molecule has 0 unspecified atom stereocenters. The molecule has 24 heavy (non-hydrogen) atoms. The molecular formula is C20H26N2OS. The van der Waals surface area contributed by atoms with Gasteiger partial charge < -0.3 is 10.1 Å². The Morgan fingerprint density at radius 1 is 1.25 bits per heavy atom. The van der Waals surface area contributed by atoms with E-state index in [1.54, 1.807) is 16.9 Å². The number of nitrogens with one attached hydrogen (secondary N) is 1. The average molecular weight is 343 g/mol. The van der Waals surface area contributed by atoms with Crippen LogP contribution in [-0.4, -0.2) is 18.1 Å². The van der Waals surface area contributed by atoms with Gasteiger partial charge in [-0.15, -0.1) is 11.3 Å². The van der Waals surface area contributed by atoms with Crippen molar-refractivity contribution >= 4 is 11.3 Å². The Morgan fingerprint density at radius 3 is 3.00 bits per heavy atom. The second-order valence-electron chi connectivity index (χ2n) is 6.08. The van der Waals surface area contributed by atoms with Crippen molar-refractivity contribution in [2.24, 2.45) is 0 Å². The van der Waals surface area contributed by atoms with E-state index in [1.165, 1.54) is 37.0 Å². The van der Waals surface area contributed by atoms with Crippen LogP contribution < -0.4 is 10.1 Å². The largest absolute Gasteiger partial charge is 0.493 e. The molecule has 1 aliphatic rings. The third-order valence-electron chi connectivity index (χ3n) is 4.29. The minimum atomic E-state index is 0.681. The topological polar surface area (TPSA) is 34.1 Å². The van der Waals surface area contributed by atoms with E-state index in [4.69, 9.17) is 4.74 Å². The van der Waals surface area contributed by atoms with Crippen molar-refractivity contribution in [1.29, 1.82) is 0 Å². The highest BCUT2D eigenvalue weighted by Crippen LogP contribution is 2.33. The number of hydrogen-bond donors (Lipinski definition) is 1. The molecule has 0 atom stereocenters. The van der Waals surface area contributed by atoms with E-state index in [2.05, 4.69) is 22.4 Å². The van der Waals surface area contributed by atoms with E-state index < -0.39 is 0 Å². The predicted molar refractivity (Wildman–Crippen MR) is 102 cm³/mol. The van der Waals surface area contributed by atoms with Crippen LogP contribution in [0, 0.1) is 0 Å². The number of para-hydroxylation sites is 1. The maximum Gasteiger partial charge on any atom is 0.127 e. The van der Waals surface area contributed by atoms with Crippen LogP contribution >= 0.6 is 11.3 Å². The lowest BCUT2D eigenvalue weighted by molar-refractivity contribution is 0.341. The van der Waals surface area contributed by atoms with Crippen molar-refractivity contribution in [2.75, 3.05) is 13.2 Å². The van der Waals surface area contributed by atoms with Gasteiger partial charge in [0.15, 0.2) is 0 Å². The van der Waals surface area contributed by atoms with Gasteiger partial charge in [-0.1, -0.05) is 23.8 Å². The SMILES string of the molecule is CCOc1ccccc1-c1cnc(CNCCC2=CCCCC2)s1. The molecule has 0 bridgehead atoms. The molecule has 1 aromatic heterocycles. The van der Waals surface area contributed by atoms with Crippen molar-refractivity contribution in [2.45, 2.75) is 45.6 Å². The summed E-state index contributed by atoms with van der Waals surface area (Å²) in [7, 11) is 0. The van der Waals surface area contributed by atoms with Crippen LogP contribution in [0.25, 0.3) is 10.4 Å². The fourth-order valence-corrected chi connectivity index (χ4v) is 3.96. The Hall–Kier alpha value is -1.65. The zero-order valence-electron chi connectivity index (χ0n) is 14.4. The maximum absolute atomic E-state index is 5.72. The number of aromatic nitrogens is 1. The Morgan fingerprint density at radius 2 is 2.17 bits per heavy atom. The van der Waals surface area contributed by atoms with Gasteiger partial charge in [0.1, 0.15) is 10.8 Å². The van der Waals surface area contributed by atoms with Crippen LogP contribution in [0.4, 0.5) is 0 Å². The third kappa shape index (κ3) is 4.68. The molecule has 1 heterocycles. The van der Waals surface area contributed by atoms with E-state index in [1.807, 2.05) is 31.3 Å². The van der Waals surface area contributed by atoms with Crippen molar-refractivity contribution in [3.05, 3.63) is 47.1 Å². The predicted octanol–water partition coefficient (Wildman–Crippen LogP) is 5.19. The Balaban J connectivity index is 1.53. The first kappa shape index (κ1) is 17.2. The van der Waals surface area contributed by atoms with Gasteiger partial charge in [-0.2, -0.15) is 0 Å². The summed E-state index contributed by atoms with van der Waals surface area (Å²) in [6.45, 7) is 4.58. The molecule has 0 fully saturated rings. The minimum Gasteiger partial charge on any atom is -0.493 e. The lowest BCUT2D eigenvalue weighted by Gasteiger charge is -2.12. The molecule has 1 N–H and O–H groups in total. The molecule has 0 saturated carbocycles. The first-order valence-electron chi connectivity index (χ1n) is 8.92. The number of allylic oxidation sites excluding steroid dienone is 1. The van der Waals surface area contributed by atoms with Crippen molar-refractivity contribution < 1.29 is 4.74 Å². The van der Waals surface area contributed by atoms with E-state index >= 15 is 0 Å². The quantitative estimate of drug-likeness (QED) is 0.529. The lowest BCUT2D eigenvalue weighted by atomic mass is 9.97. The second-order valence-corrected chi connectivity index (χ2v) is 7.20. The van der Waals surface area contributed by atoms with Gasteiger partial charge in [0.2, 0.25) is 0 Å². The normalized spacial score (nSPS) is 14.5. The molecule has 0 aliphatic heterocycles. The Bertz CT molecular complexity index is 678. The number of ether oxygens (including phenoxy) is 1. The summed E-state index contributed by atoms with van der Waals surface area (Å²) in [5.41, 5.74) is 2.76. The molecule has 2 aromatic rings. The van der Waals surface area contributed by atoms with Gasteiger partial charge >= 0.3 is 0 Å². The first-order chi connectivity index (χ1) is 11.9. The van der Waals surface area contributed by atoms with Crippen LogP contribution in [0.1, 0.15) is 44.0 Å². The summed E-state index contributed by atoms with van der Waals surface area (Å²) in [5.74, 6) is 0.937. The van der Waals surface area contributed by atoms with Gasteiger partial charge in [0, 0.05) is 18.3 Å². The Labute approximate surface area is 148 Å². The highest BCUT2D eigenvalue weighted by Gasteiger charge is 2.09. The molecule has 0 amide bonds. The van der Waals surface area contributed by atoms with E-state index in [0.29, 0.717) is 6.61 Å². The maximum atomic E-state index is 5.72. The standard InChI is InChI=1S/C20H26N2OS/c1-2-23-18-11-7-6-10-17(18)19-14-22-20(24-19)15-21-13-12-16-8-4-3-5-9-16/h6-8,10-11,14,21H,2-5,9,12-13,15H2,1H3. The van der Waals surface area contributed by atoms with Crippen LogP contribution in [0.15, 0.2) is 42.1 Å². The average Bonchev–Trinajstić information content (AvgIpc) is 3.09. The fourth-order valence-electron chi connectivity index (χ4n) is 3.04. The van der Waals surface area contributed by atoms with Crippen LogP contribution in [0.2, 0.25) is 0 Å². The molecule has 0 saturated heterocycles. The van der Waals surface area contributed by atoms with Gasteiger partial charge in [-0.05, 0) is 57.7 Å². The Kier molecular flexibility index (Phi) is 6.44. The second kappa shape index (κ2) is 9.00. The van der Waals surface area contributed by atoms with Crippen molar-refractivity contribution in [1.82, 2.24) is 10.3 Å². The van der Waals surface area contributed by atoms with Crippen LogP contribution in [-0.2, 0) is 6.54 Å². The molecule has 1 aromatic carbocycles.